The molecule has 4 aliphatic carbocycles. The van der Waals surface area contributed by atoms with Gasteiger partial charge in [0.05, 0.1) is 33.2 Å². The van der Waals surface area contributed by atoms with Gasteiger partial charge >= 0.3 is 0 Å². The molecule has 368 valence electrons. The molecule has 0 amide bonds. The summed E-state index contributed by atoms with van der Waals surface area (Å²) < 4.78 is 2.53. The van der Waals surface area contributed by atoms with Crippen LogP contribution in [0.5, 0.6) is 0 Å². The highest BCUT2D eigenvalue weighted by molar-refractivity contribution is 6.13. The number of fused-ring (bicyclic) bond motifs is 25. The average molecular weight is 1000 g/mol. The van der Waals surface area contributed by atoms with Crippen molar-refractivity contribution in [1.29, 1.82) is 0 Å². The minimum atomic E-state index is -0.549. The fourth-order valence-corrected chi connectivity index (χ4v) is 16.1. The van der Waals surface area contributed by atoms with Gasteiger partial charge in [0.25, 0.3) is 0 Å². The zero-order chi connectivity index (χ0) is 51.9. The van der Waals surface area contributed by atoms with Crippen LogP contribution in [0.25, 0.3) is 83.1 Å². The average Bonchev–Trinajstić information content (AvgIpc) is 2.55. The van der Waals surface area contributed by atoms with E-state index in [4.69, 9.17) is 0 Å². The summed E-state index contributed by atoms with van der Waals surface area (Å²) in [6, 6.07) is 102. The van der Waals surface area contributed by atoms with E-state index in [1.807, 2.05) is 0 Å². The van der Waals surface area contributed by atoms with Gasteiger partial charge in [0.15, 0.2) is 0 Å². The first-order valence-corrected chi connectivity index (χ1v) is 27.9. The van der Waals surface area contributed by atoms with Crippen molar-refractivity contribution in [3.05, 3.63) is 323 Å². The maximum absolute atomic E-state index is 2.58. The number of hydrogen-bond acceptors (Lipinski definition) is 1. The van der Waals surface area contributed by atoms with Crippen LogP contribution in [0, 0.1) is 0 Å². The third kappa shape index (κ3) is 5.23. The van der Waals surface area contributed by atoms with Gasteiger partial charge in [0, 0.05) is 33.1 Å². The molecule has 0 fully saturated rings. The first-order chi connectivity index (χ1) is 39.0. The lowest BCUT2D eigenvalue weighted by molar-refractivity contribution is 0.660. The molecular formula is C77H50N2. The Hall–Kier alpha value is -9.76. The van der Waals surface area contributed by atoms with E-state index in [-0.39, 0.29) is 5.41 Å². The van der Waals surface area contributed by atoms with Crippen molar-refractivity contribution in [2.45, 2.75) is 30.1 Å². The summed E-state index contributed by atoms with van der Waals surface area (Å²) in [5, 5.41) is 2.57. The van der Waals surface area contributed by atoms with Crippen LogP contribution >= 0.6 is 0 Å². The number of nitrogens with zero attached hydrogens (tertiary/aromatic N) is 2. The monoisotopic (exact) mass is 1000 g/mol. The molecule has 5 aliphatic rings. The third-order valence-electron chi connectivity index (χ3n) is 19.2. The molecule has 1 aromatic heterocycles. The highest BCUT2D eigenvalue weighted by Gasteiger charge is 2.53. The van der Waals surface area contributed by atoms with Crippen LogP contribution in [0.1, 0.15) is 69.5 Å². The van der Waals surface area contributed by atoms with E-state index >= 15 is 0 Å². The van der Waals surface area contributed by atoms with Crippen molar-refractivity contribution < 1.29 is 0 Å². The van der Waals surface area contributed by atoms with Gasteiger partial charge in [-0.1, -0.05) is 232 Å². The highest BCUT2D eigenvalue weighted by Crippen LogP contribution is 2.66. The summed E-state index contributed by atoms with van der Waals surface area (Å²) in [4.78, 5) is 2.58. The molecule has 1 atom stereocenters. The molecular weight excluding hydrogens is 953 g/mol. The Morgan fingerprint density at radius 3 is 1.52 bits per heavy atom. The lowest BCUT2D eigenvalue weighted by atomic mass is 9.65. The van der Waals surface area contributed by atoms with Crippen molar-refractivity contribution in [3.8, 4) is 61.3 Å². The number of benzene rings is 12. The van der Waals surface area contributed by atoms with Gasteiger partial charge in [0.2, 0.25) is 0 Å². The van der Waals surface area contributed by atoms with E-state index in [2.05, 4.69) is 290 Å². The van der Waals surface area contributed by atoms with Crippen LogP contribution in [0.3, 0.4) is 0 Å². The van der Waals surface area contributed by atoms with Crippen molar-refractivity contribution in [1.82, 2.24) is 4.57 Å². The Kier molecular flexibility index (Phi) is 8.37. The molecule has 0 radical (unpaired) electrons. The van der Waals surface area contributed by atoms with Crippen LogP contribution in [-0.2, 0) is 16.2 Å². The molecule has 0 bridgehead atoms. The summed E-state index contributed by atoms with van der Waals surface area (Å²) in [6.45, 7) is 4.79. The number of rotatable bonds is 4. The number of aromatic nitrogens is 1. The summed E-state index contributed by atoms with van der Waals surface area (Å²) in [5.41, 5.74) is 32.1. The van der Waals surface area contributed by atoms with Gasteiger partial charge in [-0.2, -0.15) is 0 Å². The van der Waals surface area contributed by atoms with Crippen molar-refractivity contribution >= 4 is 38.9 Å². The fourth-order valence-electron chi connectivity index (χ4n) is 16.1. The normalized spacial score (nSPS) is 16.2. The SMILES string of the molecule is CC1(C)c2ccccc2-c2ccc(N(c3cccc(-c4ccc5c(c4)C4(c6ccccc6-5)c5ccccc5-n5c6ccccc6c6cccc4c65)c3)c3cccc4c3-c3ccccc3C43c4ccccc4-c4ccccc43)cc21. The molecule has 13 aromatic rings. The first kappa shape index (κ1) is 43.4. The second-order valence-corrected chi connectivity index (χ2v) is 23.0. The Morgan fingerprint density at radius 2 is 0.785 bits per heavy atom. The summed E-state index contributed by atoms with van der Waals surface area (Å²) in [6.07, 6.45) is 0. The van der Waals surface area contributed by atoms with Crippen molar-refractivity contribution in [2.24, 2.45) is 0 Å². The van der Waals surface area contributed by atoms with Gasteiger partial charge < -0.3 is 9.47 Å². The minimum Gasteiger partial charge on any atom is -0.310 e. The molecule has 2 spiro atoms. The van der Waals surface area contributed by atoms with Gasteiger partial charge in [-0.25, -0.2) is 0 Å². The van der Waals surface area contributed by atoms with Crippen LogP contribution in [0.4, 0.5) is 17.1 Å². The molecule has 18 rings (SSSR count). The minimum absolute atomic E-state index is 0.184. The number of para-hydroxylation sites is 3. The standard InChI is InChI=1S/C77H50N2/c1-75(2)60-29-9-3-22-51(60)55-43-41-50(46-68(55)75)78(72-39-19-35-66-73(72)59-27-7-13-33-64(59)76(66)61-30-10-4-23-52(61)53-24-5-11-31-62(53)76)49-21-17-20-47(44-49)48-40-42-56-54-25-6-12-32-63(54)77(69(56)45-48)65-34-14-16-38-71(65)79-70-37-15-8-26-57(70)58-28-18-36-67(77)74(58)79/h3-46H,1-2H3. The van der Waals surface area contributed by atoms with Crippen LogP contribution < -0.4 is 4.90 Å². The highest BCUT2D eigenvalue weighted by atomic mass is 15.1. The molecule has 0 N–H and O–H groups in total. The Bertz CT molecular complexity index is 4810. The maximum Gasteiger partial charge on any atom is 0.0754 e. The van der Waals surface area contributed by atoms with Gasteiger partial charge in [-0.15, -0.1) is 0 Å². The van der Waals surface area contributed by atoms with Gasteiger partial charge in [-0.05, 0) is 154 Å². The quantitative estimate of drug-likeness (QED) is 0.171. The summed E-state index contributed by atoms with van der Waals surface area (Å²) in [5.74, 6) is 0. The predicted octanol–water partition coefficient (Wildman–Crippen LogP) is 19.2. The maximum atomic E-state index is 2.58. The predicted molar refractivity (Wildman–Crippen MR) is 326 cm³/mol. The van der Waals surface area contributed by atoms with E-state index in [9.17, 15) is 0 Å². The van der Waals surface area contributed by atoms with Crippen molar-refractivity contribution in [2.75, 3.05) is 4.90 Å². The summed E-state index contributed by atoms with van der Waals surface area (Å²) >= 11 is 0. The first-order valence-electron chi connectivity index (χ1n) is 27.9. The molecule has 12 aromatic carbocycles. The van der Waals surface area contributed by atoms with E-state index in [1.54, 1.807) is 0 Å². The van der Waals surface area contributed by atoms with Crippen LogP contribution in [0.15, 0.2) is 267 Å². The van der Waals surface area contributed by atoms with E-state index in [0.29, 0.717) is 0 Å². The van der Waals surface area contributed by atoms with Crippen LogP contribution in [0.2, 0.25) is 0 Å². The second kappa shape index (κ2) is 15.2. The molecule has 0 saturated heterocycles. The largest absolute Gasteiger partial charge is 0.310 e. The van der Waals surface area contributed by atoms with E-state index in [0.717, 1.165) is 11.4 Å². The second-order valence-electron chi connectivity index (χ2n) is 23.0. The van der Waals surface area contributed by atoms with E-state index in [1.165, 1.54) is 144 Å². The zero-order valence-corrected chi connectivity index (χ0v) is 43.8. The Balaban J connectivity index is 0.878. The number of hydrogen-bond donors (Lipinski definition) is 0. The Labute approximate surface area is 459 Å². The Morgan fingerprint density at radius 1 is 0.304 bits per heavy atom. The smallest absolute Gasteiger partial charge is 0.0754 e. The lowest BCUT2D eigenvalue weighted by Crippen LogP contribution is -2.33. The molecule has 2 heterocycles. The van der Waals surface area contributed by atoms with Crippen molar-refractivity contribution in [3.63, 3.8) is 0 Å². The van der Waals surface area contributed by atoms with E-state index < -0.39 is 10.8 Å². The van der Waals surface area contributed by atoms with Gasteiger partial charge in [-0.3, -0.25) is 0 Å². The molecule has 2 heteroatoms. The molecule has 1 aliphatic heterocycles. The van der Waals surface area contributed by atoms with Crippen LogP contribution in [-0.4, -0.2) is 4.57 Å². The molecule has 2 nitrogen and oxygen atoms in total. The zero-order valence-electron chi connectivity index (χ0n) is 43.8. The van der Waals surface area contributed by atoms with Gasteiger partial charge in [0.1, 0.15) is 0 Å². The lowest BCUT2D eigenvalue weighted by Gasteiger charge is -2.39. The number of anilines is 3. The topological polar surface area (TPSA) is 8.17 Å². The third-order valence-corrected chi connectivity index (χ3v) is 19.2. The fraction of sp³-hybridized carbons (Fsp3) is 0.0649. The molecule has 0 saturated carbocycles. The molecule has 1 unspecified atom stereocenters. The molecule has 79 heavy (non-hydrogen) atoms. The summed E-state index contributed by atoms with van der Waals surface area (Å²) in [7, 11) is 0.